The van der Waals surface area contributed by atoms with Crippen LogP contribution >= 0.6 is 0 Å². The number of pyridine rings is 1. The number of benzene rings is 1. The third-order valence-corrected chi connectivity index (χ3v) is 2.78. The lowest BCUT2D eigenvalue weighted by Gasteiger charge is -2.23. The van der Waals surface area contributed by atoms with Gasteiger partial charge in [0.15, 0.2) is 0 Å². The molecule has 0 unspecified atom stereocenters. The second kappa shape index (κ2) is 5.04. The van der Waals surface area contributed by atoms with Crippen LogP contribution in [0, 0.1) is 12.7 Å². The van der Waals surface area contributed by atoms with Crippen LogP contribution < -0.4 is 10.6 Å². The maximum atomic E-state index is 12.9. The molecule has 1 aromatic carbocycles. The Hall–Kier alpha value is -2.10. The van der Waals surface area contributed by atoms with E-state index in [0.29, 0.717) is 5.69 Å². The number of anilines is 3. The Kier molecular flexibility index (Phi) is 3.46. The first-order valence-electron chi connectivity index (χ1n) is 5.87. The van der Waals surface area contributed by atoms with E-state index in [4.69, 9.17) is 5.73 Å². The zero-order valence-electron chi connectivity index (χ0n) is 10.5. The van der Waals surface area contributed by atoms with Crippen molar-refractivity contribution in [1.82, 2.24) is 4.98 Å². The van der Waals surface area contributed by atoms with Gasteiger partial charge in [0, 0.05) is 12.2 Å². The molecule has 3 nitrogen and oxygen atoms in total. The Morgan fingerprint density at radius 3 is 2.50 bits per heavy atom. The van der Waals surface area contributed by atoms with Gasteiger partial charge in [0.2, 0.25) is 0 Å². The lowest BCUT2D eigenvalue weighted by molar-refractivity contribution is 0.628. The summed E-state index contributed by atoms with van der Waals surface area (Å²) in [6, 6.07) is 8.27. The average Bonchev–Trinajstić information content (AvgIpc) is 2.35. The summed E-state index contributed by atoms with van der Waals surface area (Å²) >= 11 is 0. The second-order valence-corrected chi connectivity index (χ2v) is 4.13. The number of rotatable bonds is 3. The molecule has 94 valence electrons. The number of aryl methyl sites for hydroxylation is 1. The lowest BCUT2D eigenvalue weighted by Crippen LogP contribution is -2.18. The van der Waals surface area contributed by atoms with Crippen LogP contribution in [-0.4, -0.2) is 11.5 Å². The molecular weight excluding hydrogens is 229 g/mol. The smallest absolute Gasteiger partial charge is 0.136 e. The highest BCUT2D eigenvalue weighted by Gasteiger charge is 2.11. The summed E-state index contributed by atoms with van der Waals surface area (Å²) in [4.78, 5) is 6.38. The highest BCUT2D eigenvalue weighted by Crippen LogP contribution is 2.27. The fourth-order valence-corrected chi connectivity index (χ4v) is 1.95. The molecule has 2 N–H and O–H groups in total. The zero-order valence-corrected chi connectivity index (χ0v) is 10.5. The first-order chi connectivity index (χ1) is 8.61. The monoisotopic (exact) mass is 245 g/mol. The molecule has 0 amide bonds. The van der Waals surface area contributed by atoms with Crippen LogP contribution in [0.1, 0.15) is 12.5 Å². The molecule has 2 aromatic rings. The molecule has 1 aromatic heterocycles. The van der Waals surface area contributed by atoms with Crippen LogP contribution in [0.5, 0.6) is 0 Å². The molecule has 0 fully saturated rings. The quantitative estimate of drug-likeness (QED) is 0.902. The molecule has 2 rings (SSSR count). The van der Waals surface area contributed by atoms with Gasteiger partial charge in [-0.25, -0.2) is 9.37 Å². The summed E-state index contributed by atoms with van der Waals surface area (Å²) in [7, 11) is 0. The van der Waals surface area contributed by atoms with E-state index >= 15 is 0 Å². The van der Waals surface area contributed by atoms with Crippen LogP contribution in [0.25, 0.3) is 0 Å². The predicted octanol–water partition coefficient (Wildman–Crippen LogP) is 3.27. The zero-order chi connectivity index (χ0) is 13.1. The van der Waals surface area contributed by atoms with Crippen molar-refractivity contribution in [1.29, 1.82) is 0 Å². The predicted molar refractivity (Wildman–Crippen MR) is 72.5 cm³/mol. The molecule has 1 heterocycles. The molecular formula is C14H16FN3. The fraction of sp³-hybridized carbons (Fsp3) is 0.214. The number of nitrogen functional groups attached to an aromatic ring is 1. The van der Waals surface area contributed by atoms with Crippen molar-refractivity contribution in [3.8, 4) is 0 Å². The normalized spacial score (nSPS) is 10.4. The molecule has 4 heteroatoms. The number of halogens is 1. The first-order valence-corrected chi connectivity index (χ1v) is 5.87. The Morgan fingerprint density at radius 2 is 1.94 bits per heavy atom. The Bertz CT molecular complexity index is 537. The van der Waals surface area contributed by atoms with Gasteiger partial charge in [-0.1, -0.05) is 0 Å². The summed E-state index contributed by atoms with van der Waals surface area (Å²) in [5, 5.41) is 0. The maximum absolute atomic E-state index is 12.9. The van der Waals surface area contributed by atoms with Crippen LogP contribution in [0.2, 0.25) is 0 Å². The number of nitrogens with zero attached hydrogens (tertiary/aromatic N) is 2. The molecule has 0 radical (unpaired) electrons. The molecule has 0 aliphatic rings. The molecule has 0 saturated carbocycles. The van der Waals surface area contributed by atoms with Crippen LogP contribution in [0.3, 0.4) is 0 Å². The van der Waals surface area contributed by atoms with Gasteiger partial charge in [-0.05, 0) is 49.7 Å². The van der Waals surface area contributed by atoms with Crippen LogP contribution in [0.4, 0.5) is 21.6 Å². The van der Waals surface area contributed by atoms with Gasteiger partial charge >= 0.3 is 0 Å². The molecule has 0 spiro atoms. The van der Waals surface area contributed by atoms with Gasteiger partial charge < -0.3 is 10.6 Å². The number of hydrogen-bond donors (Lipinski definition) is 1. The minimum absolute atomic E-state index is 0.239. The molecule has 18 heavy (non-hydrogen) atoms. The van der Waals surface area contributed by atoms with E-state index in [2.05, 4.69) is 4.98 Å². The lowest BCUT2D eigenvalue weighted by atomic mass is 10.2. The third-order valence-electron chi connectivity index (χ3n) is 2.78. The highest BCUT2D eigenvalue weighted by molar-refractivity contribution is 5.64. The van der Waals surface area contributed by atoms with E-state index in [-0.39, 0.29) is 5.82 Å². The number of nitrogens with two attached hydrogens (primary N) is 1. The standard InChI is InChI=1S/C14H16FN3/c1-3-18(13-6-4-11(15)5-7-13)14-10(2)8-12(16)9-17-14/h4-9H,3,16H2,1-2H3. The van der Waals surface area contributed by atoms with Gasteiger partial charge in [0.05, 0.1) is 11.9 Å². The maximum Gasteiger partial charge on any atom is 0.136 e. The average molecular weight is 245 g/mol. The molecule has 0 saturated heterocycles. The second-order valence-electron chi connectivity index (χ2n) is 4.13. The third kappa shape index (κ3) is 2.42. The van der Waals surface area contributed by atoms with Gasteiger partial charge in [-0.2, -0.15) is 0 Å². The van der Waals surface area contributed by atoms with E-state index < -0.39 is 0 Å². The summed E-state index contributed by atoms with van der Waals surface area (Å²) < 4.78 is 12.9. The summed E-state index contributed by atoms with van der Waals surface area (Å²) in [6.07, 6.45) is 1.63. The van der Waals surface area contributed by atoms with Gasteiger partial charge in [-0.15, -0.1) is 0 Å². The summed E-state index contributed by atoms with van der Waals surface area (Å²) in [5.41, 5.74) is 8.26. The van der Waals surface area contributed by atoms with Crippen molar-refractivity contribution in [2.75, 3.05) is 17.2 Å². The minimum Gasteiger partial charge on any atom is -0.397 e. The minimum atomic E-state index is -0.239. The Labute approximate surface area is 106 Å². The van der Waals surface area contributed by atoms with Gasteiger partial charge in [-0.3, -0.25) is 0 Å². The van der Waals surface area contributed by atoms with E-state index in [0.717, 1.165) is 23.6 Å². The summed E-state index contributed by atoms with van der Waals surface area (Å²) in [5.74, 6) is 0.607. The van der Waals surface area contributed by atoms with Crippen molar-refractivity contribution in [2.24, 2.45) is 0 Å². The van der Waals surface area contributed by atoms with Crippen LogP contribution in [0.15, 0.2) is 36.5 Å². The molecule has 0 atom stereocenters. The molecule has 0 aliphatic heterocycles. The van der Waals surface area contributed by atoms with E-state index in [1.54, 1.807) is 18.3 Å². The molecule has 0 bridgehead atoms. The SMILES string of the molecule is CCN(c1ccc(F)cc1)c1ncc(N)cc1C. The van der Waals surface area contributed by atoms with Crippen molar-refractivity contribution >= 4 is 17.2 Å². The highest BCUT2D eigenvalue weighted by atomic mass is 19.1. The topological polar surface area (TPSA) is 42.2 Å². The number of hydrogen-bond acceptors (Lipinski definition) is 3. The van der Waals surface area contributed by atoms with E-state index in [9.17, 15) is 4.39 Å². The first kappa shape index (κ1) is 12.4. The Balaban J connectivity index is 2.41. The van der Waals surface area contributed by atoms with Crippen molar-refractivity contribution in [2.45, 2.75) is 13.8 Å². The van der Waals surface area contributed by atoms with Gasteiger partial charge in [0.25, 0.3) is 0 Å². The molecule has 0 aliphatic carbocycles. The van der Waals surface area contributed by atoms with Crippen molar-refractivity contribution < 1.29 is 4.39 Å². The largest absolute Gasteiger partial charge is 0.397 e. The van der Waals surface area contributed by atoms with Crippen molar-refractivity contribution in [3.63, 3.8) is 0 Å². The van der Waals surface area contributed by atoms with Crippen molar-refractivity contribution in [3.05, 3.63) is 47.9 Å². The Morgan fingerprint density at radius 1 is 1.28 bits per heavy atom. The number of aromatic nitrogens is 1. The van der Waals surface area contributed by atoms with Gasteiger partial charge in [0.1, 0.15) is 11.6 Å². The van der Waals surface area contributed by atoms with Crippen LogP contribution in [-0.2, 0) is 0 Å². The summed E-state index contributed by atoms with van der Waals surface area (Å²) in [6.45, 7) is 4.75. The van der Waals surface area contributed by atoms with E-state index in [1.165, 1.54) is 12.1 Å². The van der Waals surface area contributed by atoms with E-state index in [1.807, 2.05) is 24.8 Å². The fourth-order valence-electron chi connectivity index (χ4n) is 1.95.